The molecule has 0 bridgehead atoms. The van der Waals surface area contributed by atoms with Crippen molar-refractivity contribution in [2.45, 2.75) is 38.6 Å². The van der Waals surface area contributed by atoms with E-state index in [2.05, 4.69) is 22.2 Å². The van der Waals surface area contributed by atoms with Gasteiger partial charge in [0.25, 0.3) is 0 Å². The summed E-state index contributed by atoms with van der Waals surface area (Å²) in [7, 11) is 0. The molecule has 0 radical (unpaired) electrons. The third-order valence-electron chi connectivity index (χ3n) is 4.59. The summed E-state index contributed by atoms with van der Waals surface area (Å²) in [6.45, 7) is 2.31. The molecular formula is C17H19N3O. The van der Waals surface area contributed by atoms with Gasteiger partial charge in [-0.3, -0.25) is 0 Å². The van der Waals surface area contributed by atoms with Crippen molar-refractivity contribution in [3.63, 3.8) is 0 Å². The Balaban J connectivity index is 1.78. The van der Waals surface area contributed by atoms with Crippen molar-refractivity contribution in [2.24, 2.45) is 5.92 Å². The minimum absolute atomic E-state index is 0.477. The van der Waals surface area contributed by atoms with Crippen LogP contribution in [0.5, 0.6) is 0 Å². The number of rotatable bonds is 2. The number of para-hydroxylation sites is 1. The lowest BCUT2D eigenvalue weighted by molar-refractivity contribution is 0.349. The molecule has 4 rings (SSSR count). The van der Waals surface area contributed by atoms with Gasteiger partial charge < -0.3 is 9.73 Å². The maximum absolute atomic E-state index is 5.97. The molecular weight excluding hydrogens is 262 g/mol. The molecule has 0 aliphatic heterocycles. The van der Waals surface area contributed by atoms with Crippen LogP contribution in [-0.2, 0) is 0 Å². The topological polar surface area (TPSA) is 51.0 Å². The zero-order chi connectivity index (χ0) is 14.2. The molecule has 4 nitrogen and oxygen atoms in total. The van der Waals surface area contributed by atoms with Gasteiger partial charge in [-0.25, -0.2) is 9.97 Å². The Kier molecular flexibility index (Phi) is 3.02. The zero-order valence-electron chi connectivity index (χ0n) is 12.2. The Labute approximate surface area is 123 Å². The monoisotopic (exact) mass is 281 g/mol. The highest BCUT2D eigenvalue weighted by molar-refractivity contribution is 6.05. The Morgan fingerprint density at radius 3 is 2.90 bits per heavy atom. The van der Waals surface area contributed by atoms with Gasteiger partial charge in [0.05, 0.1) is 0 Å². The average Bonchev–Trinajstić information content (AvgIpc) is 2.89. The van der Waals surface area contributed by atoms with Crippen LogP contribution in [0.3, 0.4) is 0 Å². The number of hydrogen-bond acceptors (Lipinski definition) is 4. The molecule has 0 unspecified atom stereocenters. The number of hydrogen-bond donors (Lipinski definition) is 1. The molecule has 2 aromatic heterocycles. The van der Waals surface area contributed by atoms with E-state index in [0.29, 0.717) is 12.0 Å². The van der Waals surface area contributed by atoms with E-state index < -0.39 is 0 Å². The molecule has 21 heavy (non-hydrogen) atoms. The largest absolute Gasteiger partial charge is 0.450 e. The number of nitrogens with zero attached hydrogens (tertiary/aromatic N) is 2. The highest BCUT2D eigenvalue weighted by Gasteiger charge is 2.23. The fourth-order valence-electron chi connectivity index (χ4n) is 3.33. The number of fused-ring (bicyclic) bond motifs is 3. The van der Waals surface area contributed by atoms with Gasteiger partial charge >= 0.3 is 0 Å². The summed E-state index contributed by atoms with van der Waals surface area (Å²) in [5.74, 6) is 1.50. The van der Waals surface area contributed by atoms with E-state index in [0.717, 1.165) is 27.9 Å². The van der Waals surface area contributed by atoms with Crippen molar-refractivity contribution in [3.8, 4) is 0 Å². The normalized spacial score (nSPS) is 22.7. The highest BCUT2D eigenvalue weighted by atomic mass is 16.3. The first-order valence-corrected chi connectivity index (χ1v) is 7.72. The number of benzene rings is 1. The van der Waals surface area contributed by atoms with Gasteiger partial charge in [-0.05, 0) is 30.9 Å². The third-order valence-corrected chi connectivity index (χ3v) is 4.59. The third kappa shape index (κ3) is 2.15. The summed E-state index contributed by atoms with van der Waals surface area (Å²) >= 11 is 0. The van der Waals surface area contributed by atoms with E-state index in [1.54, 1.807) is 6.33 Å². The van der Waals surface area contributed by atoms with Crippen LogP contribution < -0.4 is 5.32 Å². The van der Waals surface area contributed by atoms with Crippen molar-refractivity contribution < 1.29 is 4.42 Å². The van der Waals surface area contributed by atoms with E-state index >= 15 is 0 Å². The first-order chi connectivity index (χ1) is 10.3. The fraction of sp³-hybridized carbons (Fsp3) is 0.412. The minimum atomic E-state index is 0.477. The lowest BCUT2D eigenvalue weighted by Crippen LogP contribution is -2.30. The van der Waals surface area contributed by atoms with Crippen molar-refractivity contribution in [1.82, 2.24) is 9.97 Å². The van der Waals surface area contributed by atoms with Crippen LogP contribution in [0.4, 0.5) is 5.82 Å². The van der Waals surface area contributed by atoms with Crippen LogP contribution in [0.15, 0.2) is 35.0 Å². The van der Waals surface area contributed by atoms with Crippen LogP contribution in [-0.4, -0.2) is 16.0 Å². The maximum Gasteiger partial charge on any atom is 0.196 e. The molecule has 1 fully saturated rings. The lowest BCUT2D eigenvalue weighted by Gasteiger charge is -2.29. The quantitative estimate of drug-likeness (QED) is 0.758. The molecule has 4 heteroatoms. The first kappa shape index (κ1) is 12.6. The van der Waals surface area contributed by atoms with Crippen LogP contribution in [0.25, 0.3) is 22.1 Å². The molecule has 1 N–H and O–H groups in total. The Morgan fingerprint density at radius 1 is 1.14 bits per heavy atom. The lowest BCUT2D eigenvalue weighted by atomic mass is 9.86. The summed E-state index contributed by atoms with van der Waals surface area (Å²) in [6.07, 6.45) is 6.73. The van der Waals surface area contributed by atoms with Gasteiger partial charge in [0.15, 0.2) is 11.4 Å². The van der Waals surface area contributed by atoms with Crippen LogP contribution >= 0.6 is 0 Å². The van der Waals surface area contributed by atoms with Crippen LogP contribution in [0.2, 0.25) is 0 Å². The maximum atomic E-state index is 5.97. The average molecular weight is 281 g/mol. The highest BCUT2D eigenvalue weighted by Crippen LogP contribution is 2.32. The second-order valence-electron chi connectivity index (χ2n) is 6.01. The number of aromatic nitrogens is 2. The van der Waals surface area contributed by atoms with Crippen LogP contribution in [0, 0.1) is 5.92 Å². The van der Waals surface area contributed by atoms with Crippen molar-refractivity contribution in [2.75, 3.05) is 5.32 Å². The van der Waals surface area contributed by atoms with Gasteiger partial charge in [-0.2, -0.15) is 0 Å². The second kappa shape index (κ2) is 5.02. The van der Waals surface area contributed by atoms with E-state index in [4.69, 9.17) is 4.42 Å². The molecule has 1 aliphatic rings. The fourth-order valence-corrected chi connectivity index (χ4v) is 3.33. The summed E-state index contributed by atoms with van der Waals surface area (Å²) in [6, 6.07) is 8.49. The summed E-state index contributed by atoms with van der Waals surface area (Å²) in [4.78, 5) is 8.81. The van der Waals surface area contributed by atoms with E-state index in [1.165, 1.54) is 25.7 Å². The van der Waals surface area contributed by atoms with Gasteiger partial charge in [0.1, 0.15) is 17.4 Å². The molecule has 108 valence electrons. The molecule has 2 atom stereocenters. The smallest absolute Gasteiger partial charge is 0.196 e. The van der Waals surface area contributed by atoms with Gasteiger partial charge in [0, 0.05) is 11.4 Å². The Hall–Kier alpha value is -2.10. The SMILES string of the molecule is C[C@@H]1CCCC[C@H]1Nc1ncnc2c1oc1ccccc12. The Morgan fingerprint density at radius 2 is 2.00 bits per heavy atom. The predicted octanol–water partition coefficient (Wildman–Crippen LogP) is 4.37. The first-order valence-electron chi connectivity index (χ1n) is 7.72. The molecule has 0 amide bonds. The van der Waals surface area contributed by atoms with Gasteiger partial charge in [0.2, 0.25) is 0 Å². The molecule has 3 aromatic rings. The molecule has 1 saturated carbocycles. The summed E-state index contributed by atoms with van der Waals surface area (Å²) < 4.78 is 5.97. The summed E-state index contributed by atoms with van der Waals surface area (Å²) in [5.41, 5.74) is 2.54. The van der Waals surface area contributed by atoms with E-state index in [-0.39, 0.29) is 0 Å². The molecule has 0 spiro atoms. The van der Waals surface area contributed by atoms with Gasteiger partial charge in [-0.1, -0.05) is 31.9 Å². The second-order valence-corrected chi connectivity index (χ2v) is 6.01. The van der Waals surface area contributed by atoms with E-state index in [1.807, 2.05) is 24.3 Å². The van der Waals surface area contributed by atoms with Crippen molar-refractivity contribution >= 4 is 27.9 Å². The zero-order valence-corrected chi connectivity index (χ0v) is 12.2. The number of nitrogens with one attached hydrogen (secondary N) is 1. The number of anilines is 1. The Bertz CT molecular complexity index is 780. The van der Waals surface area contributed by atoms with Crippen molar-refractivity contribution in [3.05, 3.63) is 30.6 Å². The minimum Gasteiger partial charge on any atom is -0.450 e. The van der Waals surface area contributed by atoms with Gasteiger partial charge in [-0.15, -0.1) is 0 Å². The molecule has 2 heterocycles. The molecule has 1 aromatic carbocycles. The summed E-state index contributed by atoms with van der Waals surface area (Å²) in [5, 5.41) is 4.64. The van der Waals surface area contributed by atoms with Crippen molar-refractivity contribution in [1.29, 1.82) is 0 Å². The predicted molar refractivity (Wildman–Crippen MR) is 84.4 cm³/mol. The van der Waals surface area contributed by atoms with E-state index in [9.17, 15) is 0 Å². The molecule has 0 saturated heterocycles. The molecule has 1 aliphatic carbocycles. The number of furan rings is 1. The van der Waals surface area contributed by atoms with Crippen LogP contribution in [0.1, 0.15) is 32.6 Å². The standard InChI is InChI=1S/C17H19N3O/c1-11-6-2-4-8-13(11)20-17-16-15(18-10-19-17)12-7-3-5-9-14(12)21-16/h3,5,7,9-11,13H,2,4,6,8H2,1H3,(H,18,19,20)/t11-,13-/m1/s1.